The van der Waals surface area contributed by atoms with Gasteiger partial charge in [-0.15, -0.1) is 0 Å². The number of halogens is 2. The maximum absolute atomic E-state index is 13.0. The lowest BCUT2D eigenvalue weighted by Gasteiger charge is -2.15. The Hall–Kier alpha value is -3.19. The first kappa shape index (κ1) is 16.7. The number of carbonyl (C=O) groups excluding carboxylic acids is 2. The van der Waals surface area contributed by atoms with E-state index in [1.165, 1.54) is 36.4 Å². The van der Waals surface area contributed by atoms with Crippen LogP contribution in [0.5, 0.6) is 0 Å². The number of benzene rings is 2. The highest BCUT2D eigenvalue weighted by atomic mass is 35.5. The summed E-state index contributed by atoms with van der Waals surface area (Å²) in [5, 5.41) is 11.3. The van der Waals surface area contributed by atoms with Crippen molar-refractivity contribution in [1.82, 2.24) is 0 Å². The lowest BCUT2D eigenvalue weighted by atomic mass is 10.2. The molecular weight excluding hydrogens is 351 g/mol. The van der Waals surface area contributed by atoms with Crippen LogP contribution in [-0.2, 0) is 9.59 Å². The normalized spacial score (nSPS) is 14.2. The van der Waals surface area contributed by atoms with Crippen molar-refractivity contribution in [3.05, 3.63) is 70.6 Å². The van der Waals surface area contributed by atoms with Gasteiger partial charge in [-0.2, -0.15) is 0 Å². The van der Waals surface area contributed by atoms with Crippen molar-refractivity contribution in [3.63, 3.8) is 0 Å². The standard InChI is InChI=1S/C17H10ClFN2O4/c18-13-14(20-11-3-1-2-9(8-11)17(24)25)16(23)21(15(13)22)12-6-4-10(19)5-7-12/h1-8,20H,(H,24,25). The number of hydrogen-bond donors (Lipinski definition) is 2. The molecule has 126 valence electrons. The molecule has 25 heavy (non-hydrogen) atoms. The minimum Gasteiger partial charge on any atom is -0.478 e. The number of hydrogen-bond acceptors (Lipinski definition) is 4. The number of carbonyl (C=O) groups is 3. The van der Waals surface area contributed by atoms with Gasteiger partial charge in [-0.1, -0.05) is 17.7 Å². The van der Waals surface area contributed by atoms with Crippen molar-refractivity contribution >= 4 is 40.8 Å². The van der Waals surface area contributed by atoms with Gasteiger partial charge in [0.05, 0.1) is 11.3 Å². The zero-order valence-corrected chi connectivity index (χ0v) is 13.2. The summed E-state index contributed by atoms with van der Waals surface area (Å²) in [4.78, 5) is 36.6. The second kappa shape index (κ2) is 6.37. The van der Waals surface area contributed by atoms with Crippen LogP contribution in [0.2, 0.25) is 0 Å². The second-order valence-electron chi connectivity index (χ2n) is 5.12. The van der Waals surface area contributed by atoms with Crippen LogP contribution < -0.4 is 10.2 Å². The molecule has 8 heteroatoms. The van der Waals surface area contributed by atoms with Crippen LogP contribution in [0.25, 0.3) is 0 Å². The van der Waals surface area contributed by atoms with E-state index in [-0.39, 0.29) is 27.7 Å². The van der Waals surface area contributed by atoms with Crippen molar-refractivity contribution in [2.45, 2.75) is 0 Å². The number of anilines is 2. The van der Waals surface area contributed by atoms with Gasteiger partial charge in [0.1, 0.15) is 16.5 Å². The maximum Gasteiger partial charge on any atom is 0.335 e. The Labute approximate surface area is 146 Å². The van der Waals surface area contributed by atoms with Crippen molar-refractivity contribution < 1.29 is 23.9 Å². The van der Waals surface area contributed by atoms with Gasteiger partial charge in [0.25, 0.3) is 11.8 Å². The van der Waals surface area contributed by atoms with Crippen LogP contribution in [-0.4, -0.2) is 22.9 Å². The van der Waals surface area contributed by atoms with Crippen LogP contribution in [0, 0.1) is 5.82 Å². The van der Waals surface area contributed by atoms with E-state index >= 15 is 0 Å². The van der Waals surface area contributed by atoms with E-state index in [1.807, 2.05) is 0 Å². The van der Waals surface area contributed by atoms with Gasteiger partial charge in [0, 0.05) is 5.69 Å². The minimum atomic E-state index is -1.13. The van der Waals surface area contributed by atoms with E-state index < -0.39 is 23.6 Å². The molecule has 0 fully saturated rings. The van der Waals surface area contributed by atoms with Gasteiger partial charge in [-0.3, -0.25) is 9.59 Å². The van der Waals surface area contributed by atoms with E-state index in [0.717, 1.165) is 17.0 Å². The lowest BCUT2D eigenvalue weighted by Crippen LogP contribution is -2.32. The van der Waals surface area contributed by atoms with E-state index in [0.29, 0.717) is 0 Å². The Kier molecular flexibility index (Phi) is 4.24. The average Bonchev–Trinajstić information content (AvgIpc) is 2.80. The average molecular weight is 361 g/mol. The quantitative estimate of drug-likeness (QED) is 0.819. The highest BCUT2D eigenvalue weighted by Gasteiger charge is 2.38. The molecule has 1 aliphatic heterocycles. The van der Waals surface area contributed by atoms with Crippen molar-refractivity contribution in [2.75, 3.05) is 10.2 Å². The zero-order valence-electron chi connectivity index (χ0n) is 12.5. The molecule has 2 aromatic rings. The molecule has 3 rings (SSSR count). The number of carboxylic acid groups (broad SMARTS) is 1. The highest BCUT2D eigenvalue weighted by Crippen LogP contribution is 2.30. The van der Waals surface area contributed by atoms with Gasteiger partial charge in [0.15, 0.2) is 0 Å². The molecule has 0 saturated heterocycles. The number of nitrogens with zero attached hydrogens (tertiary/aromatic N) is 1. The summed E-state index contributed by atoms with van der Waals surface area (Å²) in [5.74, 6) is -3.12. The monoisotopic (exact) mass is 360 g/mol. The van der Waals surface area contributed by atoms with E-state index in [4.69, 9.17) is 16.7 Å². The van der Waals surface area contributed by atoms with Crippen LogP contribution in [0.3, 0.4) is 0 Å². The smallest absolute Gasteiger partial charge is 0.335 e. The number of carboxylic acids is 1. The highest BCUT2D eigenvalue weighted by molar-refractivity contribution is 6.53. The molecule has 0 radical (unpaired) electrons. The zero-order chi connectivity index (χ0) is 18.1. The first-order valence-electron chi connectivity index (χ1n) is 7.03. The van der Waals surface area contributed by atoms with Crippen LogP contribution >= 0.6 is 11.6 Å². The second-order valence-corrected chi connectivity index (χ2v) is 5.50. The van der Waals surface area contributed by atoms with Crippen LogP contribution in [0.4, 0.5) is 15.8 Å². The summed E-state index contributed by atoms with van der Waals surface area (Å²) in [5.41, 5.74) is 0.285. The summed E-state index contributed by atoms with van der Waals surface area (Å²) in [6.45, 7) is 0. The van der Waals surface area contributed by atoms with Crippen LogP contribution in [0.1, 0.15) is 10.4 Å². The predicted molar refractivity (Wildman–Crippen MR) is 88.8 cm³/mol. The minimum absolute atomic E-state index is 0.00823. The third kappa shape index (κ3) is 3.09. The molecule has 0 saturated carbocycles. The molecule has 0 bridgehead atoms. The third-order valence-electron chi connectivity index (χ3n) is 3.49. The fourth-order valence-electron chi connectivity index (χ4n) is 2.31. The van der Waals surface area contributed by atoms with Gasteiger partial charge >= 0.3 is 5.97 Å². The molecule has 2 N–H and O–H groups in total. The molecule has 0 spiro atoms. The Morgan fingerprint density at radius 1 is 1.08 bits per heavy atom. The maximum atomic E-state index is 13.0. The molecule has 2 aromatic carbocycles. The summed E-state index contributed by atoms with van der Waals surface area (Å²) >= 11 is 5.97. The summed E-state index contributed by atoms with van der Waals surface area (Å²) in [6.07, 6.45) is 0. The molecule has 0 aromatic heterocycles. The lowest BCUT2D eigenvalue weighted by molar-refractivity contribution is -0.120. The van der Waals surface area contributed by atoms with Gasteiger partial charge in [0.2, 0.25) is 0 Å². The Morgan fingerprint density at radius 2 is 1.76 bits per heavy atom. The van der Waals surface area contributed by atoms with Crippen molar-refractivity contribution in [3.8, 4) is 0 Å². The van der Waals surface area contributed by atoms with Crippen LogP contribution in [0.15, 0.2) is 59.3 Å². The Morgan fingerprint density at radius 3 is 2.40 bits per heavy atom. The van der Waals surface area contributed by atoms with Gasteiger partial charge < -0.3 is 10.4 Å². The number of amides is 2. The summed E-state index contributed by atoms with van der Waals surface area (Å²) < 4.78 is 13.0. The fourth-order valence-corrected chi connectivity index (χ4v) is 2.52. The van der Waals surface area contributed by atoms with E-state index in [2.05, 4.69) is 5.32 Å². The molecule has 1 heterocycles. The summed E-state index contributed by atoms with van der Waals surface area (Å²) in [7, 11) is 0. The Balaban J connectivity index is 1.91. The molecule has 0 atom stereocenters. The fraction of sp³-hybridized carbons (Fsp3) is 0. The molecular formula is C17H10ClFN2O4. The number of rotatable bonds is 4. The van der Waals surface area contributed by atoms with Crippen molar-refractivity contribution in [2.24, 2.45) is 0 Å². The third-order valence-corrected chi connectivity index (χ3v) is 3.84. The van der Waals surface area contributed by atoms with Crippen molar-refractivity contribution in [1.29, 1.82) is 0 Å². The topological polar surface area (TPSA) is 86.7 Å². The van der Waals surface area contributed by atoms with E-state index in [9.17, 15) is 18.8 Å². The largest absolute Gasteiger partial charge is 0.478 e. The number of nitrogens with one attached hydrogen (secondary N) is 1. The summed E-state index contributed by atoms with van der Waals surface area (Å²) in [6, 6.07) is 10.5. The first-order valence-corrected chi connectivity index (χ1v) is 7.41. The molecule has 0 unspecified atom stereocenters. The number of imide groups is 1. The molecule has 6 nitrogen and oxygen atoms in total. The van der Waals surface area contributed by atoms with Gasteiger partial charge in [-0.25, -0.2) is 14.1 Å². The first-order chi connectivity index (χ1) is 11.9. The predicted octanol–water partition coefficient (Wildman–Crippen LogP) is 2.96. The molecule has 1 aliphatic rings. The molecule has 2 amide bonds. The van der Waals surface area contributed by atoms with Gasteiger partial charge in [-0.05, 0) is 42.5 Å². The molecule has 0 aliphatic carbocycles. The SMILES string of the molecule is O=C(O)c1cccc(NC2=C(Cl)C(=O)N(c3ccc(F)cc3)C2=O)c1. The van der Waals surface area contributed by atoms with E-state index in [1.54, 1.807) is 0 Å². The number of aromatic carboxylic acids is 1. The Bertz CT molecular complexity index is 925.